The van der Waals surface area contributed by atoms with Gasteiger partial charge in [-0.3, -0.25) is 9.59 Å². The number of ether oxygens (including phenoxy) is 1. The van der Waals surface area contributed by atoms with Crippen LogP contribution in [0.25, 0.3) is 0 Å². The molecule has 1 aliphatic rings. The molecule has 4 rings (SSSR count). The standard InChI is InChI=1S/C27H27ClN2O3/c1-3-16-29-26(31)24-22-6-4-5-7-23(22)27(32)30(17-18-8-12-20(28)13-9-18)25(24)19-10-14-21(33-2)15-11-19/h4-15,24-25H,3,16-17H2,1-2H3,(H,29,31)/t24-,25+/m0/s1. The van der Waals surface area contributed by atoms with Crippen LogP contribution >= 0.6 is 11.6 Å². The van der Waals surface area contributed by atoms with Crippen LogP contribution in [0.4, 0.5) is 0 Å². The molecule has 2 atom stereocenters. The van der Waals surface area contributed by atoms with Crippen molar-refractivity contribution in [1.82, 2.24) is 10.2 Å². The molecule has 0 fully saturated rings. The Balaban J connectivity index is 1.84. The minimum Gasteiger partial charge on any atom is -0.497 e. The van der Waals surface area contributed by atoms with Crippen molar-refractivity contribution in [2.75, 3.05) is 13.7 Å². The smallest absolute Gasteiger partial charge is 0.255 e. The van der Waals surface area contributed by atoms with Crippen LogP contribution in [0.15, 0.2) is 72.8 Å². The summed E-state index contributed by atoms with van der Waals surface area (Å²) in [6.07, 6.45) is 0.834. The molecule has 1 aliphatic heterocycles. The summed E-state index contributed by atoms with van der Waals surface area (Å²) >= 11 is 6.07. The third-order valence-electron chi connectivity index (χ3n) is 5.99. The third kappa shape index (κ3) is 4.74. The second-order valence-electron chi connectivity index (χ2n) is 8.13. The van der Waals surface area contributed by atoms with Crippen LogP contribution in [-0.4, -0.2) is 30.4 Å². The maximum Gasteiger partial charge on any atom is 0.255 e. The average molecular weight is 463 g/mol. The van der Waals surface area contributed by atoms with E-state index in [1.54, 1.807) is 18.1 Å². The highest BCUT2D eigenvalue weighted by Gasteiger charge is 2.44. The first kappa shape index (κ1) is 22.9. The minimum absolute atomic E-state index is 0.0845. The van der Waals surface area contributed by atoms with E-state index in [4.69, 9.17) is 16.3 Å². The Kier molecular flexibility index (Phi) is 6.99. The molecular formula is C27H27ClN2O3. The van der Waals surface area contributed by atoms with Crippen LogP contribution in [0.1, 0.15) is 52.4 Å². The van der Waals surface area contributed by atoms with Crippen molar-refractivity contribution in [3.05, 3.63) is 100 Å². The number of benzene rings is 3. The van der Waals surface area contributed by atoms with E-state index in [2.05, 4.69) is 5.32 Å². The fraction of sp³-hybridized carbons (Fsp3) is 0.259. The number of nitrogens with one attached hydrogen (secondary N) is 1. The van der Waals surface area contributed by atoms with Gasteiger partial charge in [0.05, 0.1) is 19.1 Å². The Hall–Kier alpha value is -3.31. The van der Waals surface area contributed by atoms with Gasteiger partial charge in [0.25, 0.3) is 5.91 Å². The van der Waals surface area contributed by atoms with E-state index in [1.165, 1.54) is 0 Å². The van der Waals surface area contributed by atoms with Crippen LogP contribution in [-0.2, 0) is 11.3 Å². The van der Waals surface area contributed by atoms with Gasteiger partial charge < -0.3 is 15.0 Å². The molecule has 0 saturated heterocycles. The minimum atomic E-state index is -0.536. The molecule has 6 heteroatoms. The van der Waals surface area contributed by atoms with Gasteiger partial charge in [0.1, 0.15) is 5.75 Å². The van der Waals surface area contributed by atoms with Crippen molar-refractivity contribution in [3.63, 3.8) is 0 Å². The molecule has 0 bridgehead atoms. The summed E-state index contributed by atoms with van der Waals surface area (Å²) in [6.45, 7) is 2.96. The van der Waals surface area contributed by atoms with Gasteiger partial charge in [0.15, 0.2) is 0 Å². The summed E-state index contributed by atoms with van der Waals surface area (Å²) < 4.78 is 5.32. The highest BCUT2D eigenvalue weighted by molar-refractivity contribution is 6.30. The first-order valence-corrected chi connectivity index (χ1v) is 11.5. The van der Waals surface area contributed by atoms with Gasteiger partial charge in [-0.25, -0.2) is 0 Å². The largest absolute Gasteiger partial charge is 0.497 e. The van der Waals surface area contributed by atoms with Gasteiger partial charge in [-0.15, -0.1) is 0 Å². The van der Waals surface area contributed by atoms with Crippen molar-refractivity contribution >= 4 is 23.4 Å². The number of hydrogen-bond acceptors (Lipinski definition) is 3. The summed E-state index contributed by atoms with van der Waals surface area (Å²) in [5, 5.41) is 3.69. The molecule has 5 nitrogen and oxygen atoms in total. The van der Waals surface area contributed by atoms with Crippen LogP contribution in [0.5, 0.6) is 5.75 Å². The topological polar surface area (TPSA) is 58.6 Å². The number of methoxy groups -OCH3 is 1. The maximum absolute atomic E-state index is 13.7. The van der Waals surface area contributed by atoms with Crippen LogP contribution < -0.4 is 10.1 Å². The molecule has 0 radical (unpaired) electrons. The zero-order chi connectivity index (χ0) is 23.4. The first-order chi connectivity index (χ1) is 16.0. The lowest BCUT2D eigenvalue weighted by Crippen LogP contribution is -2.47. The summed E-state index contributed by atoms with van der Waals surface area (Å²) in [5.41, 5.74) is 3.14. The number of nitrogens with zero attached hydrogens (tertiary/aromatic N) is 1. The number of hydrogen-bond donors (Lipinski definition) is 1. The van der Waals surface area contributed by atoms with Gasteiger partial charge in [-0.2, -0.15) is 0 Å². The summed E-state index contributed by atoms with van der Waals surface area (Å²) in [5.74, 6) is 0.00306. The SMILES string of the molecule is CCCNC(=O)[C@H]1c2ccccc2C(=O)N(Cc2ccc(Cl)cc2)[C@@H]1c1ccc(OC)cc1. The van der Waals surface area contributed by atoms with Gasteiger partial charge in [-0.05, 0) is 53.4 Å². The molecule has 170 valence electrons. The average Bonchev–Trinajstić information content (AvgIpc) is 2.85. The molecular weight excluding hydrogens is 436 g/mol. The highest BCUT2D eigenvalue weighted by Crippen LogP contribution is 2.44. The van der Waals surface area contributed by atoms with Crippen molar-refractivity contribution in [2.45, 2.75) is 31.8 Å². The van der Waals surface area contributed by atoms with Gasteiger partial charge in [-0.1, -0.05) is 61.0 Å². The van der Waals surface area contributed by atoms with E-state index in [9.17, 15) is 9.59 Å². The van der Waals surface area contributed by atoms with Gasteiger partial charge in [0, 0.05) is 23.7 Å². The van der Waals surface area contributed by atoms with E-state index in [0.717, 1.165) is 28.9 Å². The van der Waals surface area contributed by atoms with E-state index in [-0.39, 0.29) is 11.8 Å². The Morgan fingerprint density at radius 1 is 1.03 bits per heavy atom. The summed E-state index contributed by atoms with van der Waals surface area (Å²) in [6, 6.07) is 22.0. The zero-order valence-corrected chi connectivity index (χ0v) is 19.5. The van der Waals surface area contributed by atoms with Crippen molar-refractivity contribution in [2.24, 2.45) is 0 Å². The first-order valence-electron chi connectivity index (χ1n) is 11.1. The van der Waals surface area contributed by atoms with Crippen LogP contribution in [0, 0.1) is 0 Å². The third-order valence-corrected chi connectivity index (χ3v) is 6.25. The summed E-state index contributed by atoms with van der Waals surface area (Å²) in [7, 11) is 1.61. The van der Waals surface area contributed by atoms with Crippen molar-refractivity contribution < 1.29 is 14.3 Å². The molecule has 3 aromatic rings. The lowest BCUT2D eigenvalue weighted by atomic mass is 9.79. The molecule has 3 aromatic carbocycles. The number of amides is 2. The molecule has 1 N–H and O–H groups in total. The molecule has 0 saturated carbocycles. The van der Waals surface area contributed by atoms with E-state index in [1.807, 2.05) is 73.7 Å². The molecule has 2 amide bonds. The van der Waals surface area contributed by atoms with Crippen molar-refractivity contribution in [3.8, 4) is 5.75 Å². The highest BCUT2D eigenvalue weighted by atomic mass is 35.5. The monoisotopic (exact) mass is 462 g/mol. The fourth-order valence-corrected chi connectivity index (χ4v) is 4.49. The van der Waals surface area contributed by atoms with Crippen LogP contribution in [0.2, 0.25) is 5.02 Å². The maximum atomic E-state index is 13.7. The van der Waals surface area contributed by atoms with E-state index >= 15 is 0 Å². The Labute approximate surface area is 199 Å². The van der Waals surface area contributed by atoms with E-state index in [0.29, 0.717) is 23.7 Å². The Bertz CT molecular complexity index is 1130. The zero-order valence-electron chi connectivity index (χ0n) is 18.8. The summed E-state index contributed by atoms with van der Waals surface area (Å²) in [4.78, 5) is 29.0. The molecule has 0 aromatic heterocycles. The lowest BCUT2D eigenvalue weighted by Gasteiger charge is -2.42. The van der Waals surface area contributed by atoms with Gasteiger partial charge in [0.2, 0.25) is 5.91 Å². The number of carbonyl (C=O) groups excluding carboxylic acids is 2. The molecule has 1 heterocycles. The quantitative estimate of drug-likeness (QED) is 0.514. The predicted octanol–water partition coefficient (Wildman–Crippen LogP) is 5.36. The number of carbonyl (C=O) groups is 2. The second-order valence-corrected chi connectivity index (χ2v) is 8.57. The van der Waals surface area contributed by atoms with Crippen molar-refractivity contribution in [1.29, 1.82) is 0 Å². The van der Waals surface area contributed by atoms with Gasteiger partial charge >= 0.3 is 0 Å². The normalized spacial score (nSPS) is 17.4. The number of fused-ring (bicyclic) bond motifs is 1. The fourth-order valence-electron chi connectivity index (χ4n) is 4.37. The Morgan fingerprint density at radius 3 is 2.39 bits per heavy atom. The second kappa shape index (κ2) is 10.1. The number of rotatable bonds is 7. The molecule has 33 heavy (non-hydrogen) atoms. The van der Waals surface area contributed by atoms with Crippen LogP contribution in [0.3, 0.4) is 0 Å². The molecule has 0 unspecified atom stereocenters. The van der Waals surface area contributed by atoms with E-state index < -0.39 is 12.0 Å². The molecule has 0 aliphatic carbocycles. The number of halogens is 1. The Morgan fingerprint density at radius 2 is 1.73 bits per heavy atom. The lowest BCUT2D eigenvalue weighted by molar-refractivity contribution is -0.124. The molecule has 0 spiro atoms. The predicted molar refractivity (Wildman–Crippen MR) is 130 cm³/mol.